The molecule has 3 N–H and O–H groups in total. The van der Waals surface area contributed by atoms with E-state index in [2.05, 4.69) is 19.6 Å². The molecule has 5 atom stereocenters. The molecule has 0 spiro atoms. The van der Waals surface area contributed by atoms with E-state index in [0.29, 0.717) is 31.1 Å². The van der Waals surface area contributed by atoms with E-state index in [-0.39, 0.29) is 43.2 Å². The summed E-state index contributed by atoms with van der Waals surface area (Å²) in [6.45, 7) is 11.5. The Balaban J connectivity index is 0.00000268. The van der Waals surface area contributed by atoms with Crippen molar-refractivity contribution in [3.8, 4) is 0 Å². The smallest absolute Gasteiger partial charge is 0.345 e. The van der Waals surface area contributed by atoms with E-state index in [0.717, 1.165) is 23.8 Å². The van der Waals surface area contributed by atoms with Crippen LogP contribution in [0.4, 0.5) is 0 Å². The average Bonchev–Trinajstić information content (AvgIpc) is 3.71. The van der Waals surface area contributed by atoms with Gasteiger partial charge in [-0.15, -0.1) is 0 Å². The second-order valence-corrected chi connectivity index (χ2v) is 11.8. The normalized spacial score (nSPS) is 18.5. The molecule has 1 aliphatic heterocycles. The minimum absolute atomic E-state index is 0.0309. The molecule has 1 heterocycles. The minimum Gasteiger partial charge on any atom is -0.479 e. The number of hydrogen-bond acceptors (Lipinski definition) is 7. The molecule has 1 amide bonds. The van der Waals surface area contributed by atoms with Gasteiger partial charge in [-0.1, -0.05) is 64.1 Å². The second-order valence-electron chi connectivity index (χ2n) is 11.8. The number of amides is 1. The van der Waals surface area contributed by atoms with Crippen LogP contribution in [-0.2, 0) is 39.9 Å². The summed E-state index contributed by atoms with van der Waals surface area (Å²) in [6.07, 6.45) is 6.50. The fourth-order valence-electron chi connectivity index (χ4n) is 4.37. The number of primary amides is 1. The van der Waals surface area contributed by atoms with Gasteiger partial charge in [0.1, 0.15) is 18.2 Å². The van der Waals surface area contributed by atoms with Crippen LogP contribution in [0.15, 0.2) is 36.4 Å². The molecule has 0 aliphatic carbocycles. The van der Waals surface area contributed by atoms with Gasteiger partial charge in [-0.05, 0) is 62.0 Å². The number of aldehydes is 1. The molecule has 1 saturated heterocycles. The van der Waals surface area contributed by atoms with Crippen molar-refractivity contribution in [3.05, 3.63) is 47.5 Å². The number of nitrogens with two attached hydrogens (primary N) is 1. The van der Waals surface area contributed by atoms with Gasteiger partial charge < -0.3 is 25.1 Å². The second kappa shape index (κ2) is 17.5. The SMILES string of the molecule is CC(C)CC(OC(=O)C(C)(C)CCC(=O)C/C=C/CC(C)C(C)C1OC1c1ccc(CC=O)cc1)C(=O)O.NC=O. The third kappa shape index (κ3) is 12.8. The lowest BCUT2D eigenvalue weighted by Crippen LogP contribution is -2.35. The van der Waals surface area contributed by atoms with Gasteiger partial charge in [-0.25, -0.2) is 4.79 Å². The van der Waals surface area contributed by atoms with Crippen LogP contribution in [0.3, 0.4) is 0 Å². The standard InChI is InChI=1S/C31H44O7.CH3NO/c1-20(2)19-26(29(34)35)37-30(36)31(5,6)17-15-25(33)10-8-7-9-21(3)22(4)27-28(38-27)24-13-11-23(12-14-24)16-18-32;2-1-3/h7-8,11-14,18,20-22,26-28H,9-10,15-17,19H2,1-6H3,(H,34,35);1H,(H2,2,3)/b8-7+;. The lowest BCUT2D eigenvalue weighted by atomic mass is 9.86. The van der Waals surface area contributed by atoms with Gasteiger partial charge in [-0.2, -0.15) is 0 Å². The number of esters is 1. The monoisotopic (exact) mass is 573 g/mol. The van der Waals surface area contributed by atoms with Crippen molar-refractivity contribution in [2.45, 2.75) is 98.4 Å². The van der Waals surface area contributed by atoms with Crippen molar-refractivity contribution in [3.63, 3.8) is 0 Å². The Bertz CT molecular complexity index is 1030. The molecule has 41 heavy (non-hydrogen) atoms. The zero-order chi connectivity index (χ0) is 31.2. The fraction of sp³-hybridized carbons (Fsp3) is 0.594. The van der Waals surface area contributed by atoms with Crippen molar-refractivity contribution in [1.29, 1.82) is 0 Å². The number of Topliss-reactive ketones (excluding diaryl/α,β-unsaturated/α-hetero) is 1. The molecule has 1 aromatic carbocycles. The molecule has 9 nitrogen and oxygen atoms in total. The molecule has 5 unspecified atom stereocenters. The number of hydrogen-bond donors (Lipinski definition) is 2. The predicted molar refractivity (Wildman–Crippen MR) is 156 cm³/mol. The molecule has 9 heteroatoms. The van der Waals surface area contributed by atoms with Gasteiger partial charge >= 0.3 is 11.9 Å². The van der Waals surface area contributed by atoms with Crippen LogP contribution < -0.4 is 5.73 Å². The zero-order valence-corrected chi connectivity index (χ0v) is 25.2. The molecule has 0 aromatic heterocycles. The van der Waals surface area contributed by atoms with Crippen LogP contribution >= 0.6 is 0 Å². The lowest BCUT2D eigenvalue weighted by molar-refractivity contribution is -0.172. The topological polar surface area (TPSA) is 153 Å². The molecular weight excluding hydrogens is 526 g/mol. The van der Waals surface area contributed by atoms with E-state index in [4.69, 9.17) is 14.3 Å². The van der Waals surface area contributed by atoms with Crippen LogP contribution in [-0.4, -0.2) is 47.7 Å². The first-order valence-electron chi connectivity index (χ1n) is 14.2. The van der Waals surface area contributed by atoms with Crippen molar-refractivity contribution >= 4 is 30.4 Å². The molecule has 0 bridgehead atoms. The van der Waals surface area contributed by atoms with E-state index in [1.165, 1.54) is 0 Å². The summed E-state index contributed by atoms with van der Waals surface area (Å²) in [7, 11) is 0. The maximum atomic E-state index is 12.6. The van der Waals surface area contributed by atoms with E-state index in [9.17, 15) is 24.3 Å². The number of aliphatic carboxylic acids is 1. The van der Waals surface area contributed by atoms with E-state index >= 15 is 0 Å². The summed E-state index contributed by atoms with van der Waals surface area (Å²) >= 11 is 0. The number of carboxylic acids is 1. The summed E-state index contributed by atoms with van der Waals surface area (Å²) in [5, 5.41) is 9.32. The number of carboxylic acid groups (broad SMARTS) is 1. The first-order valence-corrected chi connectivity index (χ1v) is 14.2. The summed E-state index contributed by atoms with van der Waals surface area (Å²) in [4.78, 5) is 55.6. The number of epoxide rings is 1. The molecule has 1 aromatic rings. The van der Waals surface area contributed by atoms with Crippen molar-refractivity contribution in [2.24, 2.45) is 28.9 Å². The summed E-state index contributed by atoms with van der Waals surface area (Å²) in [5.74, 6) is -0.894. The zero-order valence-electron chi connectivity index (χ0n) is 25.2. The Morgan fingerprint density at radius 3 is 2.22 bits per heavy atom. The Kier molecular flexibility index (Phi) is 15.2. The third-order valence-electron chi connectivity index (χ3n) is 7.38. The number of benzene rings is 1. The lowest BCUT2D eigenvalue weighted by Gasteiger charge is -2.25. The van der Waals surface area contributed by atoms with Gasteiger partial charge in [0, 0.05) is 19.3 Å². The number of carbonyl (C=O) groups excluding carboxylic acids is 4. The fourth-order valence-corrected chi connectivity index (χ4v) is 4.37. The minimum atomic E-state index is -1.17. The van der Waals surface area contributed by atoms with E-state index < -0.39 is 23.5 Å². The Labute approximate surface area is 243 Å². The average molecular weight is 574 g/mol. The maximum absolute atomic E-state index is 12.6. The van der Waals surface area contributed by atoms with Gasteiger partial charge in [0.2, 0.25) is 6.41 Å². The summed E-state index contributed by atoms with van der Waals surface area (Å²) < 4.78 is 11.2. The molecular formula is C32H47NO8. The quantitative estimate of drug-likeness (QED) is 0.114. The van der Waals surface area contributed by atoms with E-state index in [1.54, 1.807) is 13.8 Å². The van der Waals surface area contributed by atoms with Crippen LogP contribution in [0.5, 0.6) is 0 Å². The van der Waals surface area contributed by atoms with Gasteiger partial charge in [0.05, 0.1) is 11.5 Å². The van der Waals surface area contributed by atoms with Crippen LogP contribution in [0, 0.1) is 23.2 Å². The Hall–Kier alpha value is -3.33. The van der Waals surface area contributed by atoms with Crippen molar-refractivity contribution in [2.75, 3.05) is 0 Å². The molecule has 0 saturated carbocycles. The molecule has 1 aliphatic rings. The number of rotatable bonds is 17. The number of ketones is 1. The first kappa shape index (κ1) is 35.7. The molecule has 0 radical (unpaired) electrons. The number of allylic oxidation sites excluding steroid dienone is 2. The molecule has 2 rings (SSSR count). The Morgan fingerprint density at radius 1 is 1.07 bits per heavy atom. The number of carbonyl (C=O) groups is 5. The van der Waals surface area contributed by atoms with Gasteiger partial charge in [0.25, 0.3) is 0 Å². The Morgan fingerprint density at radius 2 is 1.68 bits per heavy atom. The summed E-state index contributed by atoms with van der Waals surface area (Å²) in [6, 6.07) is 8.01. The molecule has 1 fully saturated rings. The maximum Gasteiger partial charge on any atom is 0.345 e. The molecule has 228 valence electrons. The third-order valence-corrected chi connectivity index (χ3v) is 7.38. The first-order chi connectivity index (χ1) is 19.3. The van der Waals surface area contributed by atoms with Crippen molar-refractivity contribution in [1.82, 2.24) is 0 Å². The predicted octanol–water partition coefficient (Wildman–Crippen LogP) is 5.00. The summed E-state index contributed by atoms with van der Waals surface area (Å²) in [5.41, 5.74) is 5.36. The highest BCUT2D eigenvalue weighted by atomic mass is 16.6. The van der Waals surface area contributed by atoms with E-state index in [1.807, 2.05) is 50.3 Å². The van der Waals surface area contributed by atoms with Crippen LogP contribution in [0.25, 0.3) is 0 Å². The largest absolute Gasteiger partial charge is 0.479 e. The van der Waals surface area contributed by atoms with Crippen molar-refractivity contribution < 1.29 is 38.6 Å². The highest BCUT2D eigenvalue weighted by Gasteiger charge is 2.45. The highest BCUT2D eigenvalue weighted by molar-refractivity contribution is 5.83. The highest BCUT2D eigenvalue weighted by Crippen LogP contribution is 2.45. The van der Waals surface area contributed by atoms with Crippen LogP contribution in [0.1, 0.15) is 90.9 Å². The number of ether oxygens (including phenoxy) is 2. The van der Waals surface area contributed by atoms with Gasteiger partial charge in [-0.3, -0.25) is 14.4 Å². The van der Waals surface area contributed by atoms with Gasteiger partial charge in [0.15, 0.2) is 6.10 Å². The van der Waals surface area contributed by atoms with Crippen LogP contribution in [0.2, 0.25) is 0 Å².